The van der Waals surface area contributed by atoms with Crippen molar-refractivity contribution in [2.45, 2.75) is 5.92 Å². The molecule has 90 valence electrons. The Balaban J connectivity index is 2.40. The van der Waals surface area contributed by atoms with E-state index in [2.05, 4.69) is 20.7 Å². The van der Waals surface area contributed by atoms with Crippen LogP contribution in [0.25, 0.3) is 0 Å². The number of halogens is 1. The van der Waals surface area contributed by atoms with Crippen LogP contribution < -0.4 is 0 Å². The Morgan fingerprint density at radius 1 is 1.33 bits per heavy atom. The first-order valence-corrected chi connectivity index (χ1v) is 6.06. The third kappa shape index (κ3) is 1.68. The van der Waals surface area contributed by atoms with Gasteiger partial charge in [0, 0.05) is 10.4 Å². The van der Waals surface area contributed by atoms with Crippen LogP contribution in [-0.2, 0) is 9.53 Å². The molecule has 0 heterocycles. The highest BCUT2D eigenvalue weighted by Gasteiger charge is 2.71. The topological polar surface area (TPSA) is 73.9 Å². The number of carbonyl (C=O) groups excluding carboxylic acids is 1. The largest absolute Gasteiger partial charge is 0.469 e. The van der Waals surface area contributed by atoms with Crippen LogP contribution in [0.2, 0.25) is 0 Å². The molecule has 0 unspecified atom stereocenters. The molecule has 0 saturated heterocycles. The van der Waals surface area contributed by atoms with Crippen molar-refractivity contribution in [2.24, 2.45) is 11.3 Å². The van der Waals surface area contributed by atoms with E-state index < -0.39 is 23.2 Å². The van der Waals surface area contributed by atoms with E-state index in [1.54, 1.807) is 12.1 Å². The molecule has 0 aliphatic heterocycles. The van der Waals surface area contributed by atoms with Gasteiger partial charge in [0.1, 0.15) is 0 Å². The van der Waals surface area contributed by atoms with Gasteiger partial charge in [-0.2, -0.15) is 10.5 Å². The molecular weight excluding hydrogens is 296 g/mol. The summed E-state index contributed by atoms with van der Waals surface area (Å²) in [4.78, 5) is 11.6. The summed E-state index contributed by atoms with van der Waals surface area (Å²) >= 11 is 3.31. The number of nitriles is 2. The van der Waals surface area contributed by atoms with E-state index in [1.165, 1.54) is 7.11 Å². The van der Waals surface area contributed by atoms with E-state index in [1.807, 2.05) is 24.3 Å². The van der Waals surface area contributed by atoms with Crippen molar-refractivity contribution in [1.29, 1.82) is 10.5 Å². The second-order valence-corrected chi connectivity index (χ2v) is 5.04. The molecule has 0 aromatic heterocycles. The summed E-state index contributed by atoms with van der Waals surface area (Å²) in [5, 5.41) is 18.3. The molecular formula is C13H9BrN2O2. The van der Waals surface area contributed by atoms with Crippen LogP contribution in [0.4, 0.5) is 0 Å². The molecule has 5 heteroatoms. The maximum absolute atomic E-state index is 11.6. The first-order chi connectivity index (χ1) is 8.60. The lowest BCUT2D eigenvalue weighted by Crippen LogP contribution is -2.09. The van der Waals surface area contributed by atoms with Gasteiger partial charge in [-0.25, -0.2) is 0 Å². The highest BCUT2D eigenvalue weighted by Crippen LogP contribution is 2.64. The molecule has 0 radical (unpaired) electrons. The maximum Gasteiger partial charge on any atom is 0.312 e. The zero-order valence-corrected chi connectivity index (χ0v) is 11.1. The van der Waals surface area contributed by atoms with Gasteiger partial charge >= 0.3 is 5.97 Å². The van der Waals surface area contributed by atoms with E-state index in [4.69, 9.17) is 10.5 Å². The standard InChI is InChI=1S/C13H9BrN2O2/c1-18-12(17)11-10(13(11,6-15)7-16)8-2-4-9(14)5-3-8/h2-5,10-11H,1H3/t10-,11-/m0/s1. The van der Waals surface area contributed by atoms with Crippen molar-refractivity contribution in [2.75, 3.05) is 7.11 Å². The highest BCUT2D eigenvalue weighted by molar-refractivity contribution is 9.10. The molecule has 0 bridgehead atoms. The van der Waals surface area contributed by atoms with Gasteiger partial charge in [-0.05, 0) is 17.7 Å². The minimum Gasteiger partial charge on any atom is -0.469 e. The Bertz CT molecular complexity index is 554. The molecule has 0 amide bonds. The smallest absolute Gasteiger partial charge is 0.312 e. The van der Waals surface area contributed by atoms with Gasteiger partial charge in [0.15, 0.2) is 5.41 Å². The van der Waals surface area contributed by atoms with Crippen LogP contribution in [0.1, 0.15) is 11.5 Å². The number of esters is 1. The third-order valence-electron chi connectivity index (χ3n) is 3.26. The molecule has 1 aliphatic carbocycles. The van der Waals surface area contributed by atoms with Gasteiger partial charge in [-0.3, -0.25) is 4.79 Å². The van der Waals surface area contributed by atoms with Crippen molar-refractivity contribution < 1.29 is 9.53 Å². The summed E-state index contributed by atoms with van der Waals surface area (Å²) in [6.45, 7) is 0. The van der Waals surface area contributed by atoms with Crippen molar-refractivity contribution in [1.82, 2.24) is 0 Å². The van der Waals surface area contributed by atoms with E-state index in [-0.39, 0.29) is 0 Å². The van der Waals surface area contributed by atoms with E-state index in [0.717, 1.165) is 10.0 Å². The third-order valence-corrected chi connectivity index (χ3v) is 3.79. The quantitative estimate of drug-likeness (QED) is 0.786. The molecule has 1 fully saturated rings. The van der Waals surface area contributed by atoms with Crippen molar-refractivity contribution in [3.8, 4) is 12.1 Å². The lowest BCUT2D eigenvalue weighted by molar-refractivity contribution is -0.142. The number of carbonyl (C=O) groups is 1. The molecule has 1 aromatic carbocycles. The number of hydrogen-bond acceptors (Lipinski definition) is 4. The number of hydrogen-bond donors (Lipinski definition) is 0. The zero-order chi connectivity index (χ0) is 13.3. The first kappa shape index (κ1) is 12.6. The minimum absolute atomic E-state index is 0.409. The van der Waals surface area contributed by atoms with Crippen LogP contribution in [0, 0.1) is 34.0 Å². The van der Waals surface area contributed by atoms with E-state index in [9.17, 15) is 4.79 Å². The fourth-order valence-electron chi connectivity index (χ4n) is 2.27. The van der Waals surface area contributed by atoms with E-state index in [0.29, 0.717) is 0 Å². The molecule has 1 aromatic rings. The monoisotopic (exact) mass is 304 g/mol. The maximum atomic E-state index is 11.6. The molecule has 0 spiro atoms. The van der Waals surface area contributed by atoms with Crippen LogP contribution >= 0.6 is 15.9 Å². The number of benzene rings is 1. The van der Waals surface area contributed by atoms with Crippen LogP contribution in [0.5, 0.6) is 0 Å². The second-order valence-electron chi connectivity index (χ2n) is 4.12. The molecule has 1 saturated carbocycles. The molecule has 4 nitrogen and oxygen atoms in total. The SMILES string of the molecule is COC(=O)[C@@H]1[C@H](c2ccc(Br)cc2)C1(C#N)C#N. The van der Waals surface area contributed by atoms with Crippen LogP contribution in [-0.4, -0.2) is 13.1 Å². The van der Waals surface area contributed by atoms with Crippen molar-refractivity contribution in [3.05, 3.63) is 34.3 Å². The summed E-state index contributed by atoms with van der Waals surface area (Å²) in [5.74, 6) is -1.61. The Morgan fingerprint density at radius 3 is 2.33 bits per heavy atom. The molecule has 0 N–H and O–H groups in total. The first-order valence-electron chi connectivity index (χ1n) is 5.26. The highest BCUT2D eigenvalue weighted by atomic mass is 79.9. The summed E-state index contributed by atoms with van der Waals surface area (Å²) in [7, 11) is 1.26. The fourth-order valence-corrected chi connectivity index (χ4v) is 2.53. The Morgan fingerprint density at radius 2 is 1.89 bits per heavy atom. The number of nitrogens with zero attached hydrogens (tertiary/aromatic N) is 2. The van der Waals surface area contributed by atoms with Gasteiger partial charge in [0.05, 0.1) is 25.2 Å². The number of ether oxygens (including phenoxy) is 1. The Kier molecular flexibility index (Phi) is 3.11. The number of rotatable bonds is 2. The normalized spacial score (nSPS) is 23.6. The summed E-state index contributed by atoms with van der Waals surface area (Å²) < 4.78 is 5.56. The van der Waals surface area contributed by atoms with Gasteiger partial charge in [-0.15, -0.1) is 0 Å². The molecule has 1 aliphatic rings. The average molecular weight is 305 g/mol. The van der Waals surface area contributed by atoms with Gasteiger partial charge in [0.25, 0.3) is 0 Å². The van der Waals surface area contributed by atoms with Crippen molar-refractivity contribution in [3.63, 3.8) is 0 Å². The van der Waals surface area contributed by atoms with Crippen LogP contribution in [0.3, 0.4) is 0 Å². The average Bonchev–Trinajstić information content (AvgIpc) is 3.08. The van der Waals surface area contributed by atoms with Crippen molar-refractivity contribution >= 4 is 21.9 Å². The lowest BCUT2D eigenvalue weighted by atomic mass is 10.0. The minimum atomic E-state index is -1.29. The van der Waals surface area contributed by atoms with Gasteiger partial charge in [0.2, 0.25) is 0 Å². The predicted molar refractivity (Wildman–Crippen MR) is 66.0 cm³/mol. The zero-order valence-electron chi connectivity index (χ0n) is 9.55. The fraction of sp³-hybridized carbons (Fsp3) is 0.308. The van der Waals surface area contributed by atoms with E-state index >= 15 is 0 Å². The second kappa shape index (κ2) is 4.44. The molecule has 18 heavy (non-hydrogen) atoms. The summed E-state index contributed by atoms with van der Waals surface area (Å²) in [6.07, 6.45) is 0. The van der Waals surface area contributed by atoms with Crippen LogP contribution in [0.15, 0.2) is 28.7 Å². The summed E-state index contributed by atoms with van der Waals surface area (Å²) in [5.41, 5.74) is -0.488. The summed E-state index contributed by atoms with van der Waals surface area (Å²) in [6, 6.07) is 11.2. The van der Waals surface area contributed by atoms with Gasteiger partial charge in [-0.1, -0.05) is 28.1 Å². The predicted octanol–water partition coefficient (Wildman–Crippen LogP) is 2.37. The lowest BCUT2D eigenvalue weighted by Gasteiger charge is -1.99. The van der Waals surface area contributed by atoms with Gasteiger partial charge < -0.3 is 4.74 Å². The molecule has 2 atom stereocenters. The Hall–Kier alpha value is -1.85. The number of methoxy groups -OCH3 is 1. The Labute approximate surface area is 113 Å². The molecule has 2 rings (SSSR count).